The van der Waals surface area contributed by atoms with Crippen molar-refractivity contribution in [2.45, 2.75) is 32.4 Å². The van der Waals surface area contributed by atoms with Crippen molar-refractivity contribution in [2.24, 2.45) is 5.92 Å². The number of nitrogens with one attached hydrogen (secondary N) is 1. The second kappa shape index (κ2) is 10.9. The van der Waals surface area contributed by atoms with E-state index >= 15 is 0 Å². The van der Waals surface area contributed by atoms with E-state index in [0.717, 1.165) is 28.5 Å². The zero-order chi connectivity index (χ0) is 23.1. The Morgan fingerprint density at radius 1 is 1.09 bits per heavy atom. The first-order chi connectivity index (χ1) is 15.3. The second-order valence-corrected chi connectivity index (χ2v) is 9.01. The number of thioether (sulfide) groups is 1. The Bertz CT molecular complexity index is 995. The number of rotatable bonds is 8. The fraction of sp³-hybridized carbons (Fsp3) is 0.333. The largest absolute Gasteiger partial charge is 0.480 e. The Morgan fingerprint density at radius 2 is 1.75 bits per heavy atom. The molecule has 0 radical (unpaired) electrons. The zero-order valence-corrected chi connectivity index (χ0v) is 18.6. The average Bonchev–Trinajstić information content (AvgIpc) is 2.88. The van der Waals surface area contributed by atoms with Gasteiger partial charge in [0, 0.05) is 25.6 Å². The van der Waals surface area contributed by atoms with Gasteiger partial charge in [-0.25, -0.2) is 0 Å². The molecule has 2 amide bonds. The molecule has 0 aliphatic carbocycles. The summed E-state index contributed by atoms with van der Waals surface area (Å²) in [5.41, 5.74) is 2.73. The van der Waals surface area contributed by atoms with Gasteiger partial charge in [-0.1, -0.05) is 66.4 Å². The van der Waals surface area contributed by atoms with Gasteiger partial charge in [-0.3, -0.25) is 19.2 Å². The van der Waals surface area contributed by atoms with E-state index in [1.165, 1.54) is 11.8 Å². The molecule has 2 atom stereocenters. The summed E-state index contributed by atoms with van der Waals surface area (Å²) in [6.07, 6.45) is 0.720. The summed E-state index contributed by atoms with van der Waals surface area (Å²) in [4.78, 5) is 50.4. The van der Waals surface area contributed by atoms with Crippen LogP contribution in [0.3, 0.4) is 0 Å². The topological polar surface area (TPSA) is 104 Å². The lowest BCUT2D eigenvalue weighted by Gasteiger charge is -2.25. The highest BCUT2D eigenvalue weighted by Gasteiger charge is 2.33. The third-order valence-corrected chi connectivity index (χ3v) is 6.32. The van der Waals surface area contributed by atoms with Gasteiger partial charge in [0.25, 0.3) is 0 Å². The van der Waals surface area contributed by atoms with Gasteiger partial charge < -0.3 is 15.3 Å². The first-order valence-electron chi connectivity index (χ1n) is 10.4. The van der Waals surface area contributed by atoms with Crippen molar-refractivity contribution < 1.29 is 24.3 Å². The van der Waals surface area contributed by atoms with Crippen LogP contribution in [0.25, 0.3) is 0 Å². The predicted molar refractivity (Wildman–Crippen MR) is 122 cm³/mol. The van der Waals surface area contributed by atoms with E-state index in [0.29, 0.717) is 12.2 Å². The molecule has 0 bridgehead atoms. The van der Waals surface area contributed by atoms with E-state index in [-0.39, 0.29) is 24.0 Å². The van der Waals surface area contributed by atoms with Crippen molar-refractivity contribution in [3.05, 3.63) is 71.3 Å². The summed E-state index contributed by atoms with van der Waals surface area (Å²) in [5, 5.41) is 12.0. The molecule has 1 aliphatic rings. The van der Waals surface area contributed by atoms with Crippen LogP contribution in [0.5, 0.6) is 0 Å². The molecule has 2 aromatic rings. The van der Waals surface area contributed by atoms with E-state index in [4.69, 9.17) is 0 Å². The maximum Gasteiger partial charge on any atom is 0.323 e. The molecule has 2 aromatic carbocycles. The minimum absolute atomic E-state index is 0.0806. The summed E-state index contributed by atoms with van der Waals surface area (Å²) < 4.78 is 0. The Labute approximate surface area is 191 Å². The maximum absolute atomic E-state index is 13.2. The van der Waals surface area contributed by atoms with Gasteiger partial charge in [-0.2, -0.15) is 0 Å². The van der Waals surface area contributed by atoms with Crippen LogP contribution in [0.15, 0.2) is 54.6 Å². The standard InChI is InChI=1S/C24H26N2O5S/c1-16(27)32-15-20(11-17-7-3-2-4-8-17)23(30)25-21-12-18-9-5-6-10-19(18)13-26(24(21)31)14-22(28)29/h2-10,20-21H,11-15H2,1H3,(H,25,30)(H,28,29)/t20?,21-/m0/s1. The van der Waals surface area contributed by atoms with Crippen LogP contribution in [0.2, 0.25) is 0 Å². The highest BCUT2D eigenvalue weighted by atomic mass is 32.2. The molecular formula is C24H26N2O5S. The predicted octanol–water partition coefficient (Wildman–Crippen LogP) is 2.28. The van der Waals surface area contributed by atoms with Crippen molar-refractivity contribution in [3.8, 4) is 0 Å². The smallest absolute Gasteiger partial charge is 0.323 e. The Kier molecular flexibility index (Phi) is 8.05. The lowest BCUT2D eigenvalue weighted by molar-refractivity contribution is -0.146. The third kappa shape index (κ3) is 6.43. The van der Waals surface area contributed by atoms with Crippen LogP contribution in [-0.2, 0) is 38.6 Å². The number of carbonyl (C=O) groups is 4. The van der Waals surface area contributed by atoms with Crippen LogP contribution in [-0.4, -0.2) is 51.2 Å². The molecule has 0 spiro atoms. The summed E-state index contributed by atoms with van der Waals surface area (Å²) in [6, 6.07) is 16.1. The number of fused-ring (bicyclic) bond motifs is 1. The van der Waals surface area contributed by atoms with Gasteiger partial charge in [0.05, 0.1) is 5.92 Å². The van der Waals surface area contributed by atoms with Gasteiger partial charge >= 0.3 is 5.97 Å². The average molecular weight is 455 g/mol. The van der Waals surface area contributed by atoms with Crippen molar-refractivity contribution >= 4 is 34.7 Å². The number of hydrogen-bond donors (Lipinski definition) is 2. The molecule has 0 aromatic heterocycles. The van der Waals surface area contributed by atoms with E-state index in [9.17, 15) is 24.3 Å². The molecule has 0 saturated heterocycles. The van der Waals surface area contributed by atoms with Crippen molar-refractivity contribution in [1.29, 1.82) is 0 Å². The Morgan fingerprint density at radius 3 is 2.41 bits per heavy atom. The second-order valence-electron chi connectivity index (χ2n) is 7.81. The molecule has 168 valence electrons. The molecule has 2 N–H and O–H groups in total. The quantitative estimate of drug-likeness (QED) is 0.634. The molecule has 7 nitrogen and oxygen atoms in total. The van der Waals surface area contributed by atoms with E-state index in [1.807, 2.05) is 54.6 Å². The lowest BCUT2D eigenvalue weighted by Crippen LogP contribution is -2.51. The molecule has 1 heterocycles. The summed E-state index contributed by atoms with van der Waals surface area (Å²) in [7, 11) is 0. The zero-order valence-electron chi connectivity index (χ0n) is 17.8. The number of carboxylic acid groups (broad SMARTS) is 1. The molecule has 3 rings (SSSR count). The number of aliphatic carboxylic acids is 1. The van der Waals surface area contributed by atoms with Crippen LogP contribution in [0.4, 0.5) is 0 Å². The van der Waals surface area contributed by atoms with E-state index < -0.39 is 30.4 Å². The first kappa shape index (κ1) is 23.5. The van der Waals surface area contributed by atoms with Gasteiger partial charge in [0.1, 0.15) is 12.6 Å². The summed E-state index contributed by atoms with van der Waals surface area (Å²) in [6.45, 7) is 1.20. The normalized spacial score (nSPS) is 16.6. The highest BCUT2D eigenvalue weighted by molar-refractivity contribution is 8.13. The summed E-state index contributed by atoms with van der Waals surface area (Å²) in [5.74, 6) is -2.06. The molecule has 32 heavy (non-hydrogen) atoms. The fourth-order valence-corrected chi connectivity index (χ4v) is 4.47. The fourth-order valence-electron chi connectivity index (χ4n) is 3.77. The van der Waals surface area contributed by atoms with Crippen LogP contribution >= 0.6 is 11.8 Å². The summed E-state index contributed by atoms with van der Waals surface area (Å²) >= 11 is 1.08. The van der Waals surface area contributed by atoms with Crippen LogP contribution < -0.4 is 5.32 Å². The molecule has 8 heteroatoms. The van der Waals surface area contributed by atoms with Crippen molar-refractivity contribution in [2.75, 3.05) is 12.3 Å². The van der Waals surface area contributed by atoms with Gasteiger partial charge in [0.2, 0.25) is 11.8 Å². The number of hydrogen-bond acceptors (Lipinski definition) is 5. The number of benzene rings is 2. The van der Waals surface area contributed by atoms with Crippen LogP contribution in [0, 0.1) is 5.92 Å². The molecule has 0 fully saturated rings. The molecular weight excluding hydrogens is 428 g/mol. The maximum atomic E-state index is 13.2. The SMILES string of the molecule is CC(=O)SCC(Cc1ccccc1)C(=O)N[C@H]1Cc2ccccc2CN(CC(=O)O)C1=O. The number of nitrogens with zero attached hydrogens (tertiary/aromatic N) is 1. The first-order valence-corrected chi connectivity index (χ1v) is 11.4. The Balaban J connectivity index is 1.81. The molecule has 1 aliphatic heterocycles. The monoisotopic (exact) mass is 454 g/mol. The molecule has 0 saturated carbocycles. The van der Waals surface area contributed by atoms with Crippen LogP contribution in [0.1, 0.15) is 23.6 Å². The van der Waals surface area contributed by atoms with E-state index in [2.05, 4.69) is 5.32 Å². The minimum Gasteiger partial charge on any atom is -0.480 e. The molecule has 1 unspecified atom stereocenters. The third-order valence-electron chi connectivity index (χ3n) is 5.34. The van der Waals surface area contributed by atoms with Crippen molar-refractivity contribution in [1.82, 2.24) is 10.2 Å². The number of amides is 2. The number of carboxylic acids is 1. The van der Waals surface area contributed by atoms with Gasteiger partial charge in [0.15, 0.2) is 5.12 Å². The Hall–Kier alpha value is -3.13. The van der Waals surface area contributed by atoms with Crippen molar-refractivity contribution in [3.63, 3.8) is 0 Å². The van der Waals surface area contributed by atoms with E-state index in [1.54, 1.807) is 0 Å². The van der Waals surface area contributed by atoms with Gasteiger partial charge in [-0.15, -0.1) is 0 Å². The minimum atomic E-state index is -1.11. The lowest BCUT2D eigenvalue weighted by atomic mass is 9.98. The van der Waals surface area contributed by atoms with Gasteiger partial charge in [-0.05, 0) is 23.1 Å². The highest BCUT2D eigenvalue weighted by Crippen LogP contribution is 2.21. The number of carbonyl (C=O) groups excluding carboxylic acids is 3.